The number of ether oxygens (including phenoxy) is 1. The van der Waals surface area contributed by atoms with Gasteiger partial charge in [-0.15, -0.1) is 0 Å². The van der Waals surface area contributed by atoms with E-state index in [0.29, 0.717) is 22.4 Å². The second kappa shape index (κ2) is 10.1. The Morgan fingerprint density at radius 3 is 2.06 bits per heavy atom. The fourth-order valence-electron chi connectivity index (χ4n) is 3.70. The van der Waals surface area contributed by atoms with Crippen molar-refractivity contribution >= 4 is 23.4 Å². The van der Waals surface area contributed by atoms with Gasteiger partial charge in [-0.25, -0.2) is 4.79 Å². The van der Waals surface area contributed by atoms with Gasteiger partial charge in [-0.2, -0.15) is 0 Å². The Morgan fingerprint density at radius 1 is 1.03 bits per heavy atom. The monoisotopic (exact) mass is 454 g/mol. The van der Waals surface area contributed by atoms with Crippen LogP contribution in [-0.4, -0.2) is 41.1 Å². The molecule has 178 valence electrons. The summed E-state index contributed by atoms with van der Waals surface area (Å²) in [5, 5.41) is 2.72. The standard InChI is InChI=1S/C26H34N2O5/c1-14(2)22(28-24(31)18-9-11-19(12-10-18)26(6,7)8)25(32)33-13-20(30)23-15(3)21(17(5)29)16(4)27-23/h9-12,14,22,27H,13H2,1-8H3,(H,28,31). The Kier molecular flexibility index (Phi) is 8.01. The van der Waals surface area contributed by atoms with Crippen LogP contribution in [0.2, 0.25) is 0 Å². The summed E-state index contributed by atoms with van der Waals surface area (Å²) in [7, 11) is 0. The molecule has 2 aromatic rings. The van der Waals surface area contributed by atoms with Gasteiger partial charge < -0.3 is 15.0 Å². The van der Waals surface area contributed by atoms with Gasteiger partial charge in [0.05, 0.1) is 5.69 Å². The minimum atomic E-state index is -0.910. The Hall–Kier alpha value is -3.22. The van der Waals surface area contributed by atoms with E-state index in [0.717, 1.165) is 5.56 Å². The summed E-state index contributed by atoms with van der Waals surface area (Å²) >= 11 is 0. The highest BCUT2D eigenvalue weighted by molar-refractivity contribution is 6.04. The number of Topliss-reactive ketones (excluding diaryl/α,β-unsaturated/α-hetero) is 2. The molecule has 7 nitrogen and oxygen atoms in total. The maximum absolute atomic E-state index is 12.7. The van der Waals surface area contributed by atoms with Crippen molar-refractivity contribution in [1.82, 2.24) is 10.3 Å². The lowest BCUT2D eigenvalue weighted by Gasteiger charge is -2.22. The molecule has 1 aromatic heterocycles. The van der Waals surface area contributed by atoms with Gasteiger partial charge in [0.15, 0.2) is 12.4 Å². The number of amides is 1. The van der Waals surface area contributed by atoms with Crippen molar-refractivity contribution in [3.05, 3.63) is 57.9 Å². The zero-order chi connectivity index (χ0) is 25.1. The number of hydrogen-bond donors (Lipinski definition) is 2. The van der Waals surface area contributed by atoms with Crippen LogP contribution < -0.4 is 5.32 Å². The molecule has 33 heavy (non-hydrogen) atoms. The van der Waals surface area contributed by atoms with Gasteiger partial charge in [0, 0.05) is 16.8 Å². The summed E-state index contributed by atoms with van der Waals surface area (Å²) < 4.78 is 5.24. The smallest absolute Gasteiger partial charge is 0.329 e. The van der Waals surface area contributed by atoms with E-state index in [-0.39, 0.29) is 28.7 Å². The number of H-pyrrole nitrogens is 1. The Bertz CT molecular complexity index is 1060. The first-order valence-corrected chi connectivity index (χ1v) is 11.0. The van der Waals surface area contributed by atoms with E-state index in [9.17, 15) is 19.2 Å². The summed E-state index contributed by atoms with van der Waals surface area (Å²) in [4.78, 5) is 52.7. The lowest BCUT2D eigenvalue weighted by molar-refractivity contribution is -0.145. The maximum Gasteiger partial charge on any atom is 0.329 e. The molecule has 0 aliphatic rings. The first-order chi connectivity index (χ1) is 15.2. The quantitative estimate of drug-likeness (QED) is 0.457. The highest BCUT2D eigenvalue weighted by atomic mass is 16.5. The van der Waals surface area contributed by atoms with Crippen molar-refractivity contribution in [2.75, 3.05) is 6.61 Å². The van der Waals surface area contributed by atoms with Crippen molar-refractivity contribution in [3.8, 4) is 0 Å². The van der Waals surface area contributed by atoms with Crippen LogP contribution in [0.4, 0.5) is 0 Å². The van der Waals surface area contributed by atoms with E-state index >= 15 is 0 Å². The zero-order valence-corrected chi connectivity index (χ0v) is 20.7. The lowest BCUT2D eigenvalue weighted by atomic mass is 9.86. The average Bonchev–Trinajstić information content (AvgIpc) is 3.03. The third-order valence-electron chi connectivity index (χ3n) is 5.63. The van der Waals surface area contributed by atoms with Gasteiger partial charge in [-0.3, -0.25) is 14.4 Å². The number of rotatable bonds is 8. The molecule has 0 aliphatic heterocycles. The molecule has 1 amide bonds. The SMILES string of the molecule is CC(=O)c1c(C)[nH]c(C(=O)COC(=O)C(NC(=O)c2ccc(C(C)(C)C)cc2)C(C)C)c1C. The molecule has 0 aliphatic carbocycles. The number of nitrogens with one attached hydrogen (secondary N) is 2. The van der Waals surface area contributed by atoms with Crippen LogP contribution in [0.3, 0.4) is 0 Å². The summed E-state index contributed by atoms with van der Waals surface area (Å²) in [5.41, 5.74) is 3.34. The van der Waals surface area contributed by atoms with Gasteiger partial charge in [0.1, 0.15) is 6.04 Å². The van der Waals surface area contributed by atoms with Crippen LogP contribution in [0.15, 0.2) is 24.3 Å². The molecule has 0 saturated heterocycles. The van der Waals surface area contributed by atoms with Crippen LogP contribution in [0.1, 0.15) is 89.6 Å². The number of aromatic amines is 1. The number of hydrogen-bond acceptors (Lipinski definition) is 5. The molecule has 0 fully saturated rings. The minimum absolute atomic E-state index is 0.0347. The van der Waals surface area contributed by atoms with Crippen LogP contribution in [0.25, 0.3) is 0 Å². The molecule has 0 radical (unpaired) electrons. The number of carbonyl (C=O) groups excluding carboxylic acids is 4. The third-order valence-corrected chi connectivity index (χ3v) is 5.63. The average molecular weight is 455 g/mol. The predicted octanol–water partition coefficient (Wildman–Crippen LogP) is 4.31. The van der Waals surface area contributed by atoms with E-state index in [1.54, 1.807) is 39.8 Å². The second-order valence-corrected chi connectivity index (χ2v) is 9.73. The largest absolute Gasteiger partial charge is 0.456 e. The third kappa shape index (κ3) is 6.18. The van der Waals surface area contributed by atoms with E-state index in [1.807, 2.05) is 12.1 Å². The highest BCUT2D eigenvalue weighted by Crippen LogP contribution is 2.22. The number of aromatic nitrogens is 1. The van der Waals surface area contributed by atoms with Crippen molar-refractivity contribution in [2.24, 2.45) is 5.92 Å². The first kappa shape index (κ1) is 26.0. The number of benzene rings is 1. The molecule has 0 saturated carbocycles. The molecular formula is C26H34N2O5. The maximum atomic E-state index is 12.7. The van der Waals surface area contributed by atoms with E-state index in [4.69, 9.17) is 4.74 Å². The van der Waals surface area contributed by atoms with Crippen LogP contribution in [0.5, 0.6) is 0 Å². The van der Waals surface area contributed by atoms with Crippen LogP contribution >= 0.6 is 0 Å². The molecular weight excluding hydrogens is 420 g/mol. The van der Waals surface area contributed by atoms with Crippen LogP contribution in [-0.2, 0) is 14.9 Å². The molecule has 2 rings (SSSR count). The molecule has 0 spiro atoms. The molecule has 2 N–H and O–H groups in total. The number of aryl methyl sites for hydroxylation is 1. The van der Waals surface area contributed by atoms with Crippen molar-refractivity contribution < 1.29 is 23.9 Å². The minimum Gasteiger partial charge on any atom is -0.456 e. The van der Waals surface area contributed by atoms with Gasteiger partial charge in [-0.05, 0) is 55.4 Å². The van der Waals surface area contributed by atoms with Gasteiger partial charge >= 0.3 is 5.97 Å². The van der Waals surface area contributed by atoms with Gasteiger partial charge in [-0.1, -0.05) is 46.8 Å². The fourth-order valence-corrected chi connectivity index (χ4v) is 3.70. The normalized spacial score (nSPS) is 12.4. The second-order valence-electron chi connectivity index (χ2n) is 9.73. The Morgan fingerprint density at radius 2 is 1.61 bits per heavy atom. The number of carbonyl (C=O) groups is 4. The molecule has 1 heterocycles. The summed E-state index contributed by atoms with van der Waals surface area (Å²) in [6.07, 6.45) is 0. The Labute approximate surface area is 195 Å². The topological polar surface area (TPSA) is 105 Å². The predicted molar refractivity (Wildman–Crippen MR) is 127 cm³/mol. The van der Waals surface area contributed by atoms with E-state index in [2.05, 4.69) is 31.1 Å². The Balaban J connectivity index is 2.07. The molecule has 7 heteroatoms. The van der Waals surface area contributed by atoms with E-state index in [1.165, 1.54) is 6.92 Å². The van der Waals surface area contributed by atoms with Crippen LogP contribution in [0, 0.1) is 19.8 Å². The summed E-state index contributed by atoms with van der Waals surface area (Å²) in [5.74, 6) is -1.91. The van der Waals surface area contributed by atoms with Gasteiger partial charge in [0.2, 0.25) is 5.78 Å². The van der Waals surface area contributed by atoms with Crippen molar-refractivity contribution in [2.45, 2.75) is 66.8 Å². The number of ketones is 2. The summed E-state index contributed by atoms with van der Waals surface area (Å²) in [6, 6.07) is 6.33. The molecule has 1 unspecified atom stereocenters. The number of esters is 1. The van der Waals surface area contributed by atoms with Gasteiger partial charge in [0.25, 0.3) is 5.91 Å². The molecule has 1 aromatic carbocycles. The summed E-state index contributed by atoms with van der Waals surface area (Å²) in [6.45, 7) is 14.2. The highest BCUT2D eigenvalue weighted by Gasteiger charge is 2.28. The zero-order valence-electron chi connectivity index (χ0n) is 20.7. The fraction of sp³-hybridized carbons (Fsp3) is 0.462. The van der Waals surface area contributed by atoms with E-state index < -0.39 is 24.4 Å². The molecule has 0 bridgehead atoms. The first-order valence-electron chi connectivity index (χ1n) is 11.0. The van der Waals surface area contributed by atoms with Crippen molar-refractivity contribution in [3.63, 3.8) is 0 Å². The van der Waals surface area contributed by atoms with Crippen molar-refractivity contribution in [1.29, 1.82) is 0 Å². The molecule has 1 atom stereocenters. The lowest BCUT2D eigenvalue weighted by Crippen LogP contribution is -2.45.